The van der Waals surface area contributed by atoms with Crippen LogP contribution in [0.3, 0.4) is 0 Å². The van der Waals surface area contributed by atoms with Gasteiger partial charge >= 0.3 is 0 Å². The van der Waals surface area contributed by atoms with Crippen molar-refractivity contribution in [1.82, 2.24) is 4.98 Å². The molecule has 0 aliphatic heterocycles. The summed E-state index contributed by atoms with van der Waals surface area (Å²) in [5, 5.41) is 10.4. The highest BCUT2D eigenvalue weighted by molar-refractivity contribution is 5.79. The average molecular weight is 231 g/mol. The minimum atomic E-state index is -0.272. The lowest BCUT2D eigenvalue weighted by molar-refractivity contribution is 0.458. The Morgan fingerprint density at radius 3 is 2.76 bits per heavy atom. The fourth-order valence-electron chi connectivity index (χ4n) is 2.01. The van der Waals surface area contributed by atoms with Crippen molar-refractivity contribution in [2.45, 2.75) is 32.6 Å². The van der Waals surface area contributed by atoms with Crippen LogP contribution >= 0.6 is 0 Å². The van der Waals surface area contributed by atoms with Crippen LogP contribution in [0.15, 0.2) is 29.1 Å². The second kappa shape index (κ2) is 5.04. The molecule has 0 amide bonds. The lowest BCUT2D eigenvalue weighted by atomic mass is 10.1. The van der Waals surface area contributed by atoms with E-state index < -0.39 is 0 Å². The number of aromatic amines is 1. The molecule has 0 unspecified atom stereocenters. The molecule has 0 fully saturated rings. The number of hydrogen-bond acceptors (Lipinski definition) is 2. The van der Waals surface area contributed by atoms with Crippen molar-refractivity contribution < 1.29 is 5.11 Å². The van der Waals surface area contributed by atoms with Crippen LogP contribution in [0.5, 0.6) is 5.75 Å². The highest BCUT2D eigenvalue weighted by atomic mass is 16.3. The van der Waals surface area contributed by atoms with Crippen LogP contribution in [-0.4, -0.2) is 10.1 Å². The van der Waals surface area contributed by atoms with Gasteiger partial charge in [0.2, 0.25) is 5.43 Å². The summed E-state index contributed by atoms with van der Waals surface area (Å²) < 4.78 is 0. The number of rotatable bonds is 4. The van der Waals surface area contributed by atoms with Crippen LogP contribution in [0.25, 0.3) is 10.9 Å². The molecule has 0 atom stereocenters. The first-order valence-corrected chi connectivity index (χ1v) is 6.07. The Morgan fingerprint density at radius 2 is 2.00 bits per heavy atom. The van der Waals surface area contributed by atoms with Crippen molar-refractivity contribution in [2.24, 2.45) is 0 Å². The lowest BCUT2D eigenvalue weighted by Crippen LogP contribution is -2.07. The van der Waals surface area contributed by atoms with Gasteiger partial charge in [-0.05, 0) is 25.0 Å². The summed E-state index contributed by atoms with van der Waals surface area (Å²) >= 11 is 0. The molecule has 3 heteroatoms. The SMILES string of the molecule is CCCCCc1[nH]c2ccccc2c(=O)c1O. The highest BCUT2D eigenvalue weighted by Gasteiger charge is 2.09. The van der Waals surface area contributed by atoms with Gasteiger partial charge in [-0.25, -0.2) is 0 Å². The van der Waals surface area contributed by atoms with E-state index in [9.17, 15) is 9.90 Å². The summed E-state index contributed by atoms with van der Waals surface area (Å²) in [4.78, 5) is 15.1. The molecule has 0 aliphatic carbocycles. The summed E-state index contributed by atoms with van der Waals surface area (Å²) in [6.07, 6.45) is 3.94. The molecule has 0 radical (unpaired) electrons. The Morgan fingerprint density at radius 1 is 1.24 bits per heavy atom. The molecule has 2 N–H and O–H groups in total. The Hall–Kier alpha value is -1.77. The average Bonchev–Trinajstić information content (AvgIpc) is 2.35. The zero-order chi connectivity index (χ0) is 12.3. The molecule has 1 heterocycles. The smallest absolute Gasteiger partial charge is 0.231 e. The second-order valence-electron chi connectivity index (χ2n) is 4.28. The fourth-order valence-corrected chi connectivity index (χ4v) is 2.01. The van der Waals surface area contributed by atoms with Crippen LogP contribution in [0.1, 0.15) is 31.9 Å². The number of nitrogens with one attached hydrogen (secondary N) is 1. The summed E-state index contributed by atoms with van der Waals surface area (Å²) in [7, 11) is 0. The molecular weight excluding hydrogens is 214 g/mol. The van der Waals surface area contributed by atoms with E-state index in [1.54, 1.807) is 12.1 Å². The summed E-state index contributed by atoms with van der Waals surface area (Å²) in [5.74, 6) is -0.125. The van der Waals surface area contributed by atoms with E-state index in [1.165, 1.54) is 0 Å². The van der Waals surface area contributed by atoms with Gasteiger partial charge in [0.25, 0.3) is 0 Å². The van der Waals surface area contributed by atoms with E-state index in [1.807, 2.05) is 12.1 Å². The fraction of sp³-hybridized carbons (Fsp3) is 0.357. The minimum absolute atomic E-state index is 0.125. The van der Waals surface area contributed by atoms with Crippen LogP contribution in [0, 0.1) is 0 Å². The van der Waals surface area contributed by atoms with Crippen molar-refractivity contribution in [3.8, 4) is 5.75 Å². The molecule has 0 aliphatic rings. The van der Waals surface area contributed by atoms with Gasteiger partial charge in [-0.15, -0.1) is 0 Å². The predicted molar refractivity (Wildman–Crippen MR) is 69.5 cm³/mol. The minimum Gasteiger partial charge on any atom is -0.503 e. The van der Waals surface area contributed by atoms with E-state index in [4.69, 9.17) is 0 Å². The molecule has 0 saturated carbocycles. The third-order valence-corrected chi connectivity index (χ3v) is 2.99. The lowest BCUT2D eigenvalue weighted by Gasteiger charge is -2.06. The number of hydrogen-bond donors (Lipinski definition) is 2. The quantitative estimate of drug-likeness (QED) is 0.795. The molecular formula is C14H17NO2. The van der Waals surface area contributed by atoms with Gasteiger partial charge < -0.3 is 10.1 Å². The van der Waals surface area contributed by atoms with Gasteiger partial charge in [-0.2, -0.15) is 0 Å². The van der Waals surface area contributed by atoms with Crippen molar-refractivity contribution >= 4 is 10.9 Å². The first kappa shape index (κ1) is 11.7. The first-order chi connectivity index (χ1) is 8.24. The zero-order valence-electron chi connectivity index (χ0n) is 9.99. The summed E-state index contributed by atoms with van der Waals surface area (Å²) in [5.41, 5.74) is 1.18. The van der Waals surface area contributed by atoms with Crippen molar-refractivity contribution in [3.63, 3.8) is 0 Å². The standard InChI is InChI=1S/C14H17NO2/c1-2-3-4-9-12-14(17)13(16)10-7-5-6-8-11(10)15-12/h5-8,17H,2-4,9H2,1H3,(H,15,16). The Bertz CT molecular complexity index is 572. The van der Waals surface area contributed by atoms with Gasteiger partial charge in [-0.1, -0.05) is 31.9 Å². The van der Waals surface area contributed by atoms with Gasteiger partial charge in [0.15, 0.2) is 5.75 Å². The number of pyridine rings is 1. The number of fused-ring (bicyclic) bond motifs is 1. The monoisotopic (exact) mass is 231 g/mol. The maximum absolute atomic E-state index is 11.9. The Balaban J connectivity index is 2.43. The number of aromatic nitrogens is 1. The van der Waals surface area contributed by atoms with Crippen molar-refractivity contribution in [3.05, 3.63) is 40.2 Å². The summed E-state index contributed by atoms with van der Waals surface area (Å²) in [6.45, 7) is 2.13. The second-order valence-corrected chi connectivity index (χ2v) is 4.28. The van der Waals surface area contributed by atoms with Crippen LogP contribution < -0.4 is 5.43 Å². The van der Waals surface area contributed by atoms with Gasteiger partial charge in [-0.3, -0.25) is 4.79 Å². The normalized spacial score (nSPS) is 10.9. The molecule has 17 heavy (non-hydrogen) atoms. The molecule has 1 aromatic carbocycles. The number of aromatic hydroxyl groups is 1. The number of para-hydroxylation sites is 1. The molecule has 0 spiro atoms. The van der Waals surface area contributed by atoms with Crippen LogP contribution in [0.2, 0.25) is 0 Å². The number of unbranched alkanes of at least 4 members (excludes halogenated alkanes) is 2. The Labute approximate surface area is 100 Å². The molecule has 0 saturated heterocycles. The summed E-state index contributed by atoms with van der Waals surface area (Å²) in [6, 6.07) is 7.27. The third-order valence-electron chi connectivity index (χ3n) is 2.99. The predicted octanol–water partition coefficient (Wildman–Crippen LogP) is 2.97. The van der Waals surface area contributed by atoms with E-state index in [2.05, 4.69) is 11.9 Å². The van der Waals surface area contributed by atoms with Crippen LogP contribution in [0.4, 0.5) is 0 Å². The number of aryl methyl sites for hydroxylation is 1. The van der Waals surface area contributed by atoms with Crippen LogP contribution in [-0.2, 0) is 6.42 Å². The topological polar surface area (TPSA) is 53.1 Å². The van der Waals surface area contributed by atoms with Gasteiger partial charge in [0.1, 0.15) is 0 Å². The molecule has 2 rings (SSSR count). The van der Waals surface area contributed by atoms with Gasteiger partial charge in [0.05, 0.1) is 5.69 Å². The molecule has 90 valence electrons. The largest absolute Gasteiger partial charge is 0.503 e. The molecule has 3 nitrogen and oxygen atoms in total. The van der Waals surface area contributed by atoms with E-state index in [0.29, 0.717) is 11.1 Å². The first-order valence-electron chi connectivity index (χ1n) is 6.07. The maximum Gasteiger partial charge on any atom is 0.231 e. The highest BCUT2D eigenvalue weighted by Crippen LogP contribution is 2.17. The zero-order valence-corrected chi connectivity index (χ0v) is 9.99. The Kier molecular flexibility index (Phi) is 3.47. The van der Waals surface area contributed by atoms with Crippen molar-refractivity contribution in [1.29, 1.82) is 0 Å². The van der Waals surface area contributed by atoms with E-state index in [0.717, 1.165) is 31.2 Å². The maximum atomic E-state index is 11.9. The van der Waals surface area contributed by atoms with E-state index >= 15 is 0 Å². The number of H-pyrrole nitrogens is 1. The number of benzene rings is 1. The van der Waals surface area contributed by atoms with Gasteiger partial charge in [0, 0.05) is 10.9 Å². The third kappa shape index (κ3) is 2.33. The van der Waals surface area contributed by atoms with E-state index in [-0.39, 0.29) is 11.2 Å². The van der Waals surface area contributed by atoms with Crippen molar-refractivity contribution in [2.75, 3.05) is 0 Å². The molecule has 2 aromatic rings. The molecule has 1 aromatic heterocycles. The molecule has 0 bridgehead atoms.